The molecule has 2 heteroatoms. The van der Waals surface area contributed by atoms with E-state index in [1.807, 2.05) is 0 Å². The zero-order chi connectivity index (χ0) is 7.11. The quantitative estimate of drug-likeness (QED) is 0.546. The molecule has 0 rings (SSSR count). The largest absolute Gasteiger partial charge is 0.327 e. The molecule has 0 aromatic heterocycles. The van der Waals surface area contributed by atoms with Gasteiger partial charge in [-0.3, -0.25) is 0 Å². The molecule has 0 aliphatic rings. The molecule has 1 unspecified atom stereocenters. The molecular formula is C7H16OP+. The van der Waals surface area contributed by atoms with E-state index < -0.39 is 0 Å². The van der Waals surface area contributed by atoms with Crippen LogP contribution < -0.4 is 0 Å². The Morgan fingerprint density at radius 2 is 1.67 bits per heavy atom. The Bertz CT molecular complexity index is 67.3. The van der Waals surface area contributed by atoms with E-state index in [0.717, 1.165) is 12.8 Å². The predicted molar refractivity (Wildman–Crippen MR) is 42.6 cm³/mol. The summed E-state index contributed by atoms with van der Waals surface area (Å²) >= 11 is 0. The third kappa shape index (κ3) is 4.59. The average Bonchev–Trinajstić information content (AvgIpc) is 1.88. The molecule has 0 radical (unpaired) electrons. The van der Waals surface area contributed by atoms with E-state index in [0.29, 0.717) is 5.66 Å². The van der Waals surface area contributed by atoms with Gasteiger partial charge in [0.15, 0.2) is 5.66 Å². The van der Waals surface area contributed by atoms with Crippen LogP contribution >= 0.6 is 8.46 Å². The molecular weight excluding hydrogens is 131 g/mol. The van der Waals surface area contributed by atoms with Crippen LogP contribution in [0.15, 0.2) is 0 Å². The van der Waals surface area contributed by atoms with Crippen molar-refractivity contribution in [1.29, 1.82) is 0 Å². The normalized spacial score (nSPS) is 11.0. The summed E-state index contributed by atoms with van der Waals surface area (Å²) in [5.74, 6) is 0. The molecule has 0 aliphatic heterocycles. The number of hydrogen-bond acceptors (Lipinski definition) is 1. The molecule has 0 aromatic carbocycles. The van der Waals surface area contributed by atoms with Crippen LogP contribution in [0.25, 0.3) is 0 Å². The third-order valence-electron chi connectivity index (χ3n) is 1.44. The van der Waals surface area contributed by atoms with Gasteiger partial charge in [0.2, 0.25) is 0 Å². The lowest BCUT2D eigenvalue weighted by Gasteiger charge is -1.96. The summed E-state index contributed by atoms with van der Waals surface area (Å²) in [7, 11) is -0.0875. The van der Waals surface area contributed by atoms with Gasteiger partial charge in [-0.1, -0.05) is 31.3 Å². The standard InChI is InChI=1S/C7H15OP/c1-3-5-7(9-8)6-4-2/h7H,3-6H2,1-2H3/p+1. The fourth-order valence-corrected chi connectivity index (χ4v) is 1.77. The lowest BCUT2D eigenvalue weighted by molar-refractivity contribution is 0.574. The summed E-state index contributed by atoms with van der Waals surface area (Å²) in [5, 5.41) is 0. The second-order valence-electron chi connectivity index (χ2n) is 2.39. The molecule has 9 heavy (non-hydrogen) atoms. The van der Waals surface area contributed by atoms with Gasteiger partial charge in [0, 0.05) is 0 Å². The number of hydrogen-bond donors (Lipinski definition) is 0. The molecule has 0 saturated carbocycles. The zero-order valence-electron chi connectivity index (χ0n) is 6.31. The van der Waals surface area contributed by atoms with E-state index >= 15 is 0 Å². The first-order valence-electron chi connectivity index (χ1n) is 3.72. The molecule has 0 spiro atoms. The number of rotatable bonds is 5. The van der Waals surface area contributed by atoms with E-state index in [-0.39, 0.29) is 8.46 Å². The van der Waals surface area contributed by atoms with Crippen LogP contribution in [0.5, 0.6) is 0 Å². The van der Waals surface area contributed by atoms with Crippen molar-refractivity contribution < 1.29 is 4.57 Å². The van der Waals surface area contributed by atoms with Gasteiger partial charge in [-0.15, -0.1) is 0 Å². The average molecular weight is 147 g/mol. The van der Waals surface area contributed by atoms with Gasteiger partial charge in [0.25, 0.3) is 0 Å². The summed E-state index contributed by atoms with van der Waals surface area (Å²) in [6.07, 6.45) is 4.60. The smallest absolute Gasteiger partial charge is 0.0772 e. The van der Waals surface area contributed by atoms with Gasteiger partial charge in [-0.2, -0.15) is 0 Å². The maximum absolute atomic E-state index is 10.4. The van der Waals surface area contributed by atoms with Crippen LogP contribution in [0.2, 0.25) is 0 Å². The highest BCUT2D eigenvalue weighted by Gasteiger charge is 2.11. The molecule has 1 nitrogen and oxygen atoms in total. The fraction of sp³-hybridized carbons (Fsp3) is 1.00. The van der Waals surface area contributed by atoms with Crippen molar-refractivity contribution in [3.8, 4) is 0 Å². The van der Waals surface area contributed by atoms with E-state index in [1.54, 1.807) is 0 Å². The highest BCUT2D eigenvalue weighted by molar-refractivity contribution is 7.24. The van der Waals surface area contributed by atoms with E-state index in [1.165, 1.54) is 12.8 Å². The van der Waals surface area contributed by atoms with Crippen LogP contribution in [0.3, 0.4) is 0 Å². The summed E-state index contributed by atoms with van der Waals surface area (Å²) < 4.78 is 10.4. The second-order valence-corrected chi connectivity index (χ2v) is 3.44. The van der Waals surface area contributed by atoms with Gasteiger partial charge in [-0.25, -0.2) is 0 Å². The maximum atomic E-state index is 10.4. The Hall–Kier alpha value is 0.100. The van der Waals surface area contributed by atoms with Crippen LogP contribution in [0, 0.1) is 0 Å². The summed E-state index contributed by atoms with van der Waals surface area (Å²) in [5.41, 5.74) is 0.486. The van der Waals surface area contributed by atoms with Gasteiger partial charge in [0.05, 0.1) is 0 Å². The van der Waals surface area contributed by atoms with Crippen molar-refractivity contribution in [2.24, 2.45) is 0 Å². The molecule has 0 aliphatic carbocycles. The van der Waals surface area contributed by atoms with Gasteiger partial charge >= 0.3 is 8.46 Å². The highest BCUT2D eigenvalue weighted by atomic mass is 31.1. The summed E-state index contributed by atoms with van der Waals surface area (Å²) in [4.78, 5) is 0. The predicted octanol–water partition coefficient (Wildman–Crippen LogP) is 2.98. The third-order valence-corrected chi connectivity index (χ3v) is 2.35. The zero-order valence-corrected chi connectivity index (χ0v) is 7.31. The van der Waals surface area contributed by atoms with Gasteiger partial charge < -0.3 is 0 Å². The Balaban J connectivity index is 3.29. The molecule has 0 heterocycles. The molecule has 0 saturated heterocycles. The lowest BCUT2D eigenvalue weighted by Crippen LogP contribution is -1.95. The topological polar surface area (TPSA) is 17.1 Å². The molecule has 0 aromatic rings. The molecule has 1 atom stereocenters. The molecule has 0 fully saturated rings. The van der Waals surface area contributed by atoms with E-state index in [9.17, 15) is 4.57 Å². The molecule has 0 bridgehead atoms. The SMILES string of the molecule is CCCC(CCC)[PH+]=O. The van der Waals surface area contributed by atoms with Crippen molar-refractivity contribution in [2.45, 2.75) is 45.2 Å². The van der Waals surface area contributed by atoms with Crippen LogP contribution in [-0.2, 0) is 4.57 Å². The van der Waals surface area contributed by atoms with Crippen molar-refractivity contribution in [3.05, 3.63) is 0 Å². The first-order chi connectivity index (χ1) is 4.35. The minimum absolute atomic E-state index is 0.0875. The van der Waals surface area contributed by atoms with Gasteiger partial charge in [0.1, 0.15) is 0 Å². The van der Waals surface area contributed by atoms with Crippen LogP contribution in [0.1, 0.15) is 39.5 Å². The van der Waals surface area contributed by atoms with E-state index in [2.05, 4.69) is 13.8 Å². The monoisotopic (exact) mass is 147 g/mol. The lowest BCUT2D eigenvalue weighted by atomic mass is 10.2. The van der Waals surface area contributed by atoms with Crippen LogP contribution in [-0.4, -0.2) is 5.66 Å². The first-order valence-corrected chi connectivity index (χ1v) is 4.71. The van der Waals surface area contributed by atoms with Crippen molar-refractivity contribution in [3.63, 3.8) is 0 Å². The van der Waals surface area contributed by atoms with Crippen molar-refractivity contribution in [2.75, 3.05) is 0 Å². The van der Waals surface area contributed by atoms with Crippen molar-refractivity contribution in [1.82, 2.24) is 0 Å². The Morgan fingerprint density at radius 1 is 1.22 bits per heavy atom. The van der Waals surface area contributed by atoms with Crippen molar-refractivity contribution >= 4 is 8.46 Å². The highest BCUT2D eigenvalue weighted by Crippen LogP contribution is 2.17. The molecule has 54 valence electrons. The van der Waals surface area contributed by atoms with Gasteiger partial charge in [-0.05, 0) is 12.8 Å². The summed E-state index contributed by atoms with van der Waals surface area (Å²) in [6, 6.07) is 0. The second kappa shape index (κ2) is 6.22. The fourth-order valence-electron chi connectivity index (χ4n) is 0.959. The Morgan fingerprint density at radius 3 is 1.89 bits per heavy atom. The Kier molecular flexibility index (Phi) is 6.29. The molecule has 0 amide bonds. The first kappa shape index (κ1) is 9.10. The van der Waals surface area contributed by atoms with Crippen LogP contribution in [0.4, 0.5) is 0 Å². The maximum Gasteiger partial charge on any atom is 0.327 e. The molecule has 0 N–H and O–H groups in total. The van der Waals surface area contributed by atoms with E-state index in [4.69, 9.17) is 0 Å². The summed E-state index contributed by atoms with van der Waals surface area (Å²) in [6.45, 7) is 4.28. The minimum atomic E-state index is -0.0875. The minimum Gasteiger partial charge on any atom is -0.0772 e. The Labute approximate surface area is 59.0 Å².